The van der Waals surface area contributed by atoms with Gasteiger partial charge in [-0.15, -0.1) is 0 Å². The molecule has 0 spiro atoms. The molecule has 0 bridgehead atoms. The van der Waals surface area contributed by atoms with E-state index >= 15 is 0 Å². The van der Waals surface area contributed by atoms with Gasteiger partial charge in [0.25, 0.3) is 0 Å². The Balaban J connectivity index is 4.13. The van der Waals surface area contributed by atoms with E-state index in [1.165, 1.54) is 6.42 Å². The van der Waals surface area contributed by atoms with Gasteiger partial charge < -0.3 is 5.32 Å². The van der Waals surface area contributed by atoms with Gasteiger partial charge in [-0.1, -0.05) is 46.5 Å². The van der Waals surface area contributed by atoms with Crippen molar-refractivity contribution in [2.24, 2.45) is 5.92 Å². The van der Waals surface area contributed by atoms with Crippen LogP contribution >= 0.6 is 0 Å². The highest BCUT2D eigenvalue weighted by Crippen LogP contribution is 2.26. The van der Waals surface area contributed by atoms with Crippen LogP contribution in [0, 0.1) is 5.92 Å². The van der Waals surface area contributed by atoms with Gasteiger partial charge in [-0.2, -0.15) is 13.2 Å². The SMILES string of the molecule is CCCCC(CC)CC(CCC(F)(F)F)NCC. The fourth-order valence-corrected chi connectivity index (χ4v) is 2.31. The van der Waals surface area contributed by atoms with E-state index in [0.717, 1.165) is 32.2 Å². The molecule has 4 heteroatoms. The van der Waals surface area contributed by atoms with Crippen molar-refractivity contribution in [1.29, 1.82) is 0 Å². The molecule has 1 N–H and O–H groups in total. The van der Waals surface area contributed by atoms with Crippen molar-refractivity contribution in [3.05, 3.63) is 0 Å². The number of nitrogens with one attached hydrogen (secondary N) is 1. The zero-order valence-corrected chi connectivity index (χ0v) is 11.9. The predicted octanol–water partition coefficient (Wildman–Crippen LogP) is 4.91. The highest BCUT2D eigenvalue weighted by atomic mass is 19.4. The van der Waals surface area contributed by atoms with Crippen LogP contribution < -0.4 is 5.32 Å². The van der Waals surface area contributed by atoms with Crippen molar-refractivity contribution in [2.45, 2.75) is 77.9 Å². The minimum absolute atomic E-state index is 0.0124. The van der Waals surface area contributed by atoms with Crippen LogP contribution in [0.3, 0.4) is 0 Å². The van der Waals surface area contributed by atoms with E-state index in [4.69, 9.17) is 0 Å². The minimum atomic E-state index is -4.03. The lowest BCUT2D eigenvalue weighted by molar-refractivity contribution is -0.136. The van der Waals surface area contributed by atoms with Crippen LogP contribution in [-0.4, -0.2) is 18.8 Å². The van der Waals surface area contributed by atoms with Crippen molar-refractivity contribution >= 4 is 0 Å². The quantitative estimate of drug-likeness (QED) is 0.593. The molecule has 0 heterocycles. The number of rotatable bonds is 10. The minimum Gasteiger partial charge on any atom is -0.314 e. The second-order valence-electron chi connectivity index (χ2n) is 5.06. The molecule has 0 aliphatic heterocycles. The second-order valence-corrected chi connectivity index (χ2v) is 5.06. The fraction of sp³-hybridized carbons (Fsp3) is 1.00. The van der Waals surface area contributed by atoms with E-state index < -0.39 is 12.6 Å². The maximum Gasteiger partial charge on any atom is 0.389 e. The summed E-state index contributed by atoms with van der Waals surface area (Å²) in [7, 11) is 0. The number of halogens is 3. The Bertz CT molecular complexity index is 192. The summed E-state index contributed by atoms with van der Waals surface area (Å²) in [5.74, 6) is 0.558. The second kappa shape index (κ2) is 9.65. The topological polar surface area (TPSA) is 12.0 Å². The van der Waals surface area contributed by atoms with Gasteiger partial charge >= 0.3 is 6.18 Å². The summed E-state index contributed by atoms with van der Waals surface area (Å²) in [5.41, 5.74) is 0. The van der Waals surface area contributed by atoms with Gasteiger partial charge in [-0.05, 0) is 25.3 Å². The smallest absolute Gasteiger partial charge is 0.314 e. The Hall–Kier alpha value is -0.250. The summed E-state index contributed by atoms with van der Waals surface area (Å²) in [6.45, 7) is 6.98. The number of hydrogen-bond donors (Lipinski definition) is 1. The normalized spacial score (nSPS) is 15.7. The molecule has 0 saturated carbocycles. The lowest BCUT2D eigenvalue weighted by Gasteiger charge is -2.24. The van der Waals surface area contributed by atoms with Crippen LogP contribution in [0.15, 0.2) is 0 Å². The molecule has 0 amide bonds. The molecule has 2 atom stereocenters. The monoisotopic (exact) mass is 267 g/mol. The molecule has 110 valence electrons. The highest BCUT2D eigenvalue weighted by Gasteiger charge is 2.28. The molecular weight excluding hydrogens is 239 g/mol. The highest BCUT2D eigenvalue weighted by molar-refractivity contribution is 4.72. The standard InChI is InChI=1S/C14H28F3N/c1-4-7-8-12(5-2)11-13(18-6-3)9-10-14(15,16)17/h12-13,18H,4-11H2,1-3H3. The average Bonchev–Trinajstić information content (AvgIpc) is 2.30. The molecule has 18 heavy (non-hydrogen) atoms. The van der Waals surface area contributed by atoms with Crippen LogP contribution in [0.25, 0.3) is 0 Å². The zero-order chi connectivity index (χ0) is 14.0. The molecule has 0 aliphatic carbocycles. The van der Waals surface area contributed by atoms with E-state index in [9.17, 15) is 13.2 Å². The maximum absolute atomic E-state index is 12.3. The average molecular weight is 267 g/mol. The third-order valence-corrected chi connectivity index (χ3v) is 3.43. The third kappa shape index (κ3) is 9.75. The molecule has 2 unspecified atom stereocenters. The molecular formula is C14H28F3N. The summed E-state index contributed by atoms with van der Waals surface area (Å²) in [6, 6.07) is 0.0124. The molecule has 1 nitrogen and oxygen atoms in total. The first-order valence-corrected chi connectivity index (χ1v) is 7.23. The van der Waals surface area contributed by atoms with E-state index in [2.05, 4.69) is 19.2 Å². The maximum atomic E-state index is 12.3. The van der Waals surface area contributed by atoms with E-state index in [-0.39, 0.29) is 12.5 Å². The van der Waals surface area contributed by atoms with Crippen molar-refractivity contribution < 1.29 is 13.2 Å². The number of unbranched alkanes of at least 4 members (excludes halogenated alkanes) is 1. The first kappa shape index (κ1) is 17.8. The van der Waals surface area contributed by atoms with E-state index in [1.807, 2.05) is 6.92 Å². The fourth-order valence-electron chi connectivity index (χ4n) is 2.31. The third-order valence-electron chi connectivity index (χ3n) is 3.43. The van der Waals surface area contributed by atoms with Gasteiger partial charge in [0.1, 0.15) is 0 Å². The molecule has 0 aromatic heterocycles. The molecule has 0 aliphatic rings. The molecule has 0 aromatic rings. The Morgan fingerprint density at radius 2 is 1.72 bits per heavy atom. The van der Waals surface area contributed by atoms with Crippen LogP contribution in [0.4, 0.5) is 13.2 Å². The summed E-state index contributed by atoms with van der Waals surface area (Å²) in [4.78, 5) is 0. The van der Waals surface area contributed by atoms with E-state index in [0.29, 0.717) is 5.92 Å². The number of hydrogen-bond acceptors (Lipinski definition) is 1. The summed E-state index contributed by atoms with van der Waals surface area (Å²) in [5, 5.41) is 3.20. The first-order valence-electron chi connectivity index (χ1n) is 7.23. The van der Waals surface area contributed by atoms with Gasteiger partial charge in [-0.25, -0.2) is 0 Å². The van der Waals surface area contributed by atoms with Gasteiger partial charge in [-0.3, -0.25) is 0 Å². The lowest BCUT2D eigenvalue weighted by Crippen LogP contribution is -2.32. The molecule has 0 rings (SSSR count). The Kier molecular flexibility index (Phi) is 9.52. The Morgan fingerprint density at radius 3 is 2.17 bits per heavy atom. The summed E-state index contributed by atoms with van der Waals surface area (Å²) in [6.07, 6.45) is 0.921. The van der Waals surface area contributed by atoms with Crippen molar-refractivity contribution in [2.75, 3.05) is 6.54 Å². The van der Waals surface area contributed by atoms with Gasteiger partial charge in [0.15, 0.2) is 0 Å². The van der Waals surface area contributed by atoms with Gasteiger partial charge in [0.2, 0.25) is 0 Å². The molecule has 0 fully saturated rings. The Morgan fingerprint density at radius 1 is 1.06 bits per heavy atom. The summed E-state index contributed by atoms with van der Waals surface area (Å²) < 4.78 is 36.8. The lowest BCUT2D eigenvalue weighted by atomic mass is 9.90. The summed E-state index contributed by atoms with van der Waals surface area (Å²) >= 11 is 0. The zero-order valence-electron chi connectivity index (χ0n) is 11.9. The van der Waals surface area contributed by atoms with Crippen molar-refractivity contribution in [3.63, 3.8) is 0 Å². The van der Waals surface area contributed by atoms with Crippen LogP contribution in [0.5, 0.6) is 0 Å². The van der Waals surface area contributed by atoms with Gasteiger partial charge in [0.05, 0.1) is 0 Å². The van der Waals surface area contributed by atoms with Crippen molar-refractivity contribution in [3.8, 4) is 0 Å². The first-order chi connectivity index (χ1) is 8.42. The van der Waals surface area contributed by atoms with Gasteiger partial charge in [0, 0.05) is 12.5 Å². The van der Waals surface area contributed by atoms with Crippen LogP contribution in [-0.2, 0) is 0 Å². The molecule has 0 radical (unpaired) electrons. The largest absolute Gasteiger partial charge is 0.389 e. The molecule has 0 saturated heterocycles. The van der Waals surface area contributed by atoms with Crippen LogP contribution in [0.2, 0.25) is 0 Å². The predicted molar refractivity (Wildman–Crippen MR) is 70.7 cm³/mol. The van der Waals surface area contributed by atoms with Crippen molar-refractivity contribution in [1.82, 2.24) is 5.32 Å². The molecule has 0 aromatic carbocycles. The van der Waals surface area contributed by atoms with E-state index in [1.54, 1.807) is 0 Å². The number of alkyl halides is 3. The van der Waals surface area contributed by atoms with Crippen LogP contribution in [0.1, 0.15) is 65.7 Å². The Labute approximate surface area is 110 Å².